The zero-order chi connectivity index (χ0) is 12.5. The van der Waals surface area contributed by atoms with Crippen LogP contribution in [0.4, 0.5) is 0 Å². The first-order valence-electron chi connectivity index (χ1n) is 6.40. The lowest BCUT2D eigenvalue weighted by Gasteiger charge is -2.16. The van der Waals surface area contributed by atoms with Gasteiger partial charge in [0.2, 0.25) is 0 Å². The summed E-state index contributed by atoms with van der Waals surface area (Å²) < 4.78 is 7.19. The van der Waals surface area contributed by atoms with Gasteiger partial charge in [0, 0.05) is 26.1 Å². The van der Waals surface area contributed by atoms with Crippen LogP contribution in [0.25, 0.3) is 0 Å². The van der Waals surface area contributed by atoms with Crippen molar-refractivity contribution in [2.24, 2.45) is 0 Å². The molecule has 17 heavy (non-hydrogen) atoms. The molecule has 1 aromatic heterocycles. The quantitative estimate of drug-likeness (QED) is 0.705. The van der Waals surface area contributed by atoms with Crippen molar-refractivity contribution in [1.29, 1.82) is 0 Å². The van der Waals surface area contributed by atoms with E-state index < -0.39 is 0 Å². The minimum Gasteiger partial charge on any atom is -0.383 e. The first kappa shape index (κ1) is 14.1. The molecule has 0 aliphatic carbocycles. The van der Waals surface area contributed by atoms with E-state index in [9.17, 15) is 0 Å². The van der Waals surface area contributed by atoms with E-state index in [1.54, 1.807) is 13.4 Å². The maximum absolute atomic E-state index is 5.20. The summed E-state index contributed by atoms with van der Waals surface area (Å²) in [6.45, 7) is 6.93. The molecule has 0 fully saturated rings. The average molecular weight is 240 g/mol. The Hall–Kier alpha value is -0.940. The van der Waals surface area contributed by atoms with Crippen LogP contribution < -0.4 is 5.32 Å². The molecule has 0 spiro atoms. The van der Waals surface area contributed by atoms with Gasteiger partial charge >= 0.3 is 0 Å². The van der Waals surface area contributed by atoms with Crippen molar-refractivity contribution in [3.8, 4) is 0 Å². The van der Waals surface area contributed by atoms with E-state index in [4.69, 9.17) is 4.74 Å². The fraction of sp³-hybridized carbons (Fsp3) is 0.833. The normalized spacial score (nSPS) is 12.9. The van der Waals surface area contributed by atoms with Gasteiger partial charge < -0.3 is 10.1 Å². The van der Waals surface area contributed by atoms with Gasteiger partial charge in [-0.05, 0) is 19.4 Å². The molecular formula is C12H24N4O. The summed E-state index contributed by atoms with van der Waals surface area (Å²) >= 11 is 0. The number of ether oxygens (including phenoxy) is 1. The topological polar surface area (TPSA) is 52.0 Å². The third-order valence-corrected chi connectivity index (χ3v) is 2.71. The number of rotatable bonds is 9. The summed E-state index contributed by atoms with van der Waals surface area (Å²) in [5.74, 6) is 1.07. The van der Waals surface area contributed by atoms with Crippen LogP contribution in [-0.2, 0) is 17.7 Å². The molecule has 1 aromatic rings. The molecule has 98 valence electrons. The number of methoxy groups -OCH3 is 1. The highest BCUT2D eigenvalue weighted by molar-refractivity contribution is 4.86. The molecule has 0 amide bonds. The average Bonchev–Trinajstić information content (AvgIpc) is 2.75. The van der Waals surface area contributed by atoms with Gasteiger partial charge in [-0.3, -0.25) is 4.68 Å². The largest absolute Gasteiger partial charge is 0.383 e. The molecule has 1 unspecified atom stereocenters. The Labute approximate surface area is 104 Å². The lowest BCUT2D eigenvalue weighted by atomic mass is 10.1. The molecule has 0 radical (unpaired) electrons. The Morgan fingerprint density at radius 3 is 2.94 bits per heavy atom. The van der Waals surface area contributed by atoms with Crippen LogP contribution in [0.2, 0.25) is 0 Å². The molecule has 0 bridgehead atoms. The van der Waals surface area contributed by atoms with E-state index >= 15 is 0 Å². The molecule has 0 aromatic carbocycles. The third kappa shape index (κ3) is 4.83. The van der Waals surface area contributed by atoms with Crippen LogP contribution in [0.5, 0.6) is 0 Å². The van der Waals surface area contributed by atoms with Crippen molar-refractivity contribution in [1.82, 2.24) is 20.1 Å². The zero-order valence-electron chi connectivity index (χ0n) is 11.1. The van der Waals surface area contributed by atoms with E-state index in [0.717, 1.165) is 44.8 Å². The van der Waals surface area contributed by atoms with Gasteiger partial charge in [-0.2, -0.15) is 5.10 Å². The fourth-order valence-electron chi connectivity index (χ4n) is 1.92. The molecule has 0 saturated carbocycles. The standard InChI is InChI=1S/C12H24N4O/c1-4-8-16-12(14-10-15-16)7-6-11(9-17-3)13-5-2/h10-11,13H,4-9H2,1-3H3. The second-order valence-corrected chi connectivity index (χ2v) is 4.15. The van der Waals surface area contributed by atoms with Crippen LogP contribution in [0, 0.1) is 0 Å². The van der Waals surface area contributed by atoms with Gasteiger partial charge in [0.1, 0.15) is 12.2 Å². The summed E-state index contributed by atoms with van der Waals surface area (Å²) in [5.41, 5.74) is 0. The number of hydrogen-bond acceptors (Lipinski definition) is 4. The van der Waals surface area contributed by atoms with Crippen LogP contribution in [0.3, 0.4) is 0 Å². The zero-order valence-corrected chi connectivity index (χ0v) is 11.1. The van der Waals surface area contributed by atoms with Crippen molar-refractivity contribution >= 4 is 0 Å². The van der Waals surface area contributed by atoms with Crippen molar-refractivity contribution in [3.63, 3.8) is 0 Å². The van der Waals surface area contributed by atoms with Crippen LogP contribution in [0.15, 0.2) is 6.33 Å². The van der Waals surface area contributed by atoms with Crippen LogP contribution in [0.1, 0.15) is 32.5 Å². The smallest absolute Gasteiger partial charge is 0.138 e. The Morgan fingerprint density at radius 1 is 1.47 bits per heavy atom. The van der Waals surface area contributed by atoms with E-state index in [-0.39, 0.29) is 0 Å². The van der Waals surface area contributed by atoms with Crippen LogP contribution in [-0.4, -0.2) is 41.1 Å². The Kier molecular flexibility index (Phi) is 6.81. The van der Waals surface area contributed by atoms with Crippen molar-refractivity contribution in [3.05, 3.63) is 12.2 Å². The number of nitrogens with zero attached hydrogens (tertiary/aromatic N) is 3. The molecular weight excluding hydrogens is 216 g/mol. The van der Waals surface area contributed by atoms with Gasteiger partial charge in [0.05, 0.1) is 6.61 Å². The highest BCUT2D eigenvalue weighted by Gasteiger charge is 2.10. The highest BCUT2D eigenvalue weighted by atomic mass is 16.5. The molecule has 1 heterocycles. The summed E-state index contributed by atoms with van der Waals surface area (Å²) in [6.07, 6.45) is 4.71. The Bertz CT molecular complexity index is 294. The molecule has 1 atom stereocenters. The van der Waals surface area contributed by atoms with Gasteiger partial charge in [0.25, 0.3) is 0 Å². The van der Waals surface area contributed by atoms with E-state index in [0.29, 0.717) is 6.04 Å². The maximum atomic E-state index is 5.20. The number of hydrogen-bond donors (Lipinski definition) is 1. The van der Waals surface area contributed by atoms with Gasteiger partial charge in [-0.1, -0.05) is 13.8 Å². The molecule has 5 heteroatoms. The minimum absolute atomic E-state index is 0.400. The molecule has 0 aliphatic heterocycles. The van der Waals surface area contributed by atoms with E-state index in [2.05, 4.69) is 29.2 Å². The predicted octanol–water partition coefficient (Wildman–Crippen LogP) is 1.25. The summed E-state index contributed by atoms with van der Waals surface area (Å²) in [5, 5.41) is 7.64. The second kappa shape index (κ2) is 8.20. The molecule has 0 aliphatic rings. The van der Waals surface area contributed by atoms with E-state index in [1.165, 1.54) is 0 Å². The first-order chi connectivity index (χ1) is 8.31. The number of aromatic nitrogens is 3. The molecule has 0 saturated heterocycles. The summed E-state index contributed by atoms with van der Waals surface area (Å²) in [7, 11) is 1.74. The minimum atomic E-state index is 0.400. The molecule has 1 N–H and O–H groups in total. The predicted molar refractivity (Wildman–Crippen MR) is 68.0 cm³/mol. The van der Waals surface area contributed by atoms with E-state index in [1.807, 2.05) is 4.68 Å². The van der Waals surface area contributed by atoms with Gasteiger partial charge in [-0.25, -0.2) is 4.98 Å². The SMILES string of the molecule is CCCn1ncnc1CCC(COC)NCC. The Balaban J connectivity index is 2.43. The third-order valence-electron chi connectivity index (χ3n) is 2.71. The number of nitrogens with one attached hydrogen (secondary N) is 1. The highest BCUT2D eigenvalue weighted by Crippen LogP contribution is 2.03. The second-order valence-electron chi connectivity index (χ2n) is 4.15. The maximum Gasteiger partial charge on any atom is 0.138 e. The Morgan fingerprint density at radius 2 is 2.29 bits per heavy atom. The molecule has 1 rings (SSSR count). The van der Waals surface area contributed by atoms with Crippen LogP contribution >= 0.6 is 0 Å². The monoisotopic (exact) mass is 240 g/mol. The number of aryl methyl sites for hydroxylation is 2. The first-order valence-corrected chi connectivity index (χ1v) is 6.40. The number of likely N-dealkylation sites (N-methyl/N-ethyl adjacent to an activating group) is 1. The lowest BCUT2D eigenvalue weighted by Crippen LogP contribution is -2.33. The summed E-state index contributed by atoms with van der Waals surface area (Å²) in [4.78, 5) is 4.31. The van der Waals surface area contributed by atoms with Gasteiger partial charge in [0.15, 0.2) is 0 Å². The fourth-order valence-corrected chi connectivity index (χ4v) is 1.92. The molecule has 5 nitrogen and oxygen atoms in total. The van der Waals surface area contributed by atoms with Crippen molar-refractivity contribution < 1.29 is 4.74 Å². The summed E-state index contributed by atoms with van der Waals surface area (Å²) in [6, 6.07) is 0.400. The van der Waals surface area contributed by atoms with Crippen molar-refractivity contribution in [2.45, 2.75) is 45.7 Å². The van der Waals surface area contributed by atoms with Gasteiger partial charge in [-0.15, -0.1) is 0 Å². The van der Waals surface area contributed by atoms with Crippen molar-refractivity contribution in [2.75, 3.05) is 20.3 Å². The lowest BCUT2D eigenvalue weighted by molar-refractivity contribution is 0.163.